The standard InChI is InChI=1S/C15H20N2O2S2/c1-20-14-9-8-13(11-14)17-21(18,19)15-7-3-2-5-12(15)6-4-10-16/h2-3,5,7,13-14,17H,8-11,16H2,1H3. The first-order valence-corrected chi connectivity index (χ1v) is 9.67. The predicted molar refractivity (Wildman–Crippen MR) is 87.6 cm³/mol. The number of benzene rings is 1. The van der Waals surface area contributed by atoms with E-state index in [0.717, 1.165) is 19.3 Å². The van der Waals surface area contributed by atoms with E-state index in [-0.39, 0.29) is 17.5 Å². The zero-order chi connectivity index (χ0) is 15.3. The van der Waals surface area contributed by atoms with Crippen molar-refractivity contribution in [1.82, 2.24) is 4.72 Å². The molecule has 0 radical (unpaired) electrons. The summed E-state index contributed by atoms with van der Waals surface area (Å²) in [7, 11) is -3.54. The summed E-state index contributed by atoms with van der Waals surface area (Å²) in [6.45, 7) is 0.208. The molecular weight excluding hydrogens is 304 g/mol. The van der Waals surface area contributed by atoms with E-state index >= 15 is 0 Å². The van der Waals surface area contributed by atoms with Crippen LogP contribution in [0, 0.1) is 11.8 Å². The van der Waals surface area contributed by atoms with Gasteiger partial charge in [-0.25, -0.2) is 13.1 Å². The second-order valence-electron chi connectivity index (χ2n) is 4.99. The molecule has 2 atom stereocenters. The predicted octanol–water partition coefficient (Wildman–Crippen LogP) is 1.56. The van der Waals surface area contributed by atoms with E-state index < -0.39 is 10.0 Å². The van der Waals surface area contributed by atoms with Gasteiger partial charge in [0.15, 0.2) is 0 Å². The van der Waals surface area contributed by atoms with Crippen LogP contribution in [0.25, 0.3) is 0 Å². The average Bonchev–Trinajstić information content (AvgIpc) is 2.92. The van der Waals surface area contributed by atoms with Gasteiger partial charge in [0.2, 0.25) is 10.0 Å². The molecule has 1 aliphatic carbocycles. The molecule has 0 saturated heterocycles. The first-order valence-electron chi connectivity index (χ1n) is 6.90. The fourth-order valence-electron chi connectivity index (χ4n) is 2.49. The van der Waals surface area contributed by atoms with Gasteiger partial charge < -0.3 is 5.73 Å². The van der Waals surface area contributed by atoms with Crippen LogP contribution in [0.1, 0.15) is 24.8 Å². The molecule has 1 aromatic carbocycles. The van der Waals surface area contributed by atoms with Gasteiger partial charge in [0, 0.05) is 16.9 Å². The van der Waals surface area contributed by atoms with E-state index in [1.807, 2.05) is 0 Å². The minimum atomic E-state index is -3.54. The van der Waals surface area contributed by atoms with Gasteiger partial charge in [0.1, 0.15) is 0 Å². The SMILES string of the molecule is CSC1CCC(NS(=O)(=O)c2ccccc2C#CCN)C1. The molecule has 1 aromatic rings. The van der Waals surface area contributed by atoms with Crippen LogP contribution in [0.2, 0.25) is 0 Å². The second-order valence-corrected chi connectivity index (χ2v) is 7.81. The summed E-state index contributed by atoms with van der Waals surface area (Å²) in [4.78, 5) is 0.235. The van der Waals surface area contributed by atoms with Crippen molar-refractivity contribution in [2.24, 2.45) is 5.73 Å². The third-order valence-electron chi connectivity index (χ3n) is 3.54. The molecule has 0 amide bonds. The summed E-state index contributed by atoms with van der Waals surface area (Å²) >= 11 is 1.80. The number of thioether (sulfide) groups is 1. The van der Waals surface area contributed by atoms with Crippen LogP contribution < -0.4 is 10.5 Å². The third-order valence-corrected chi connectivity index (χ3v) is 6.21. The fourth-order valence-corrected chi connectivity index (χ4v) is 4.74. The van der Waals surface area contributed by atoms with Crippen LogP contribution >= 0.6 is 11.8 Å². The van der Waals surface area contributed by atoms with Gasteiger partial charge in [-0.1, -0.05) is 24.0 Å². The molecule has 114 valence electrons. The highest BCUT2D eigenvalue weighted by Crippen LogP contribution is 2.29. The first kappa shape index (κ1) is 16.4. The van der Waals surface area contributed by atoms with Gasteiger partial charge in [-0.2, -0.15) is 11.8 Å². The Kier molecular flexibility index (Phi) is 5.71. The molecule has 1 saturated carbocycles. The molecule has 0 bridgehead atoms. The van der Waals surface area contributed by atoms with Crippen molar-refractivity contribution in [2.75, 3.05) is 12.8 Å². The van der Waals surface area contributed by atoms with E-state index in [9.17, 15) is 8.42 Å². The summed E-state index contributed by atoms with van der Waals surface area (Å²) in [5, 5.41) is 0.546. The van der Waals surface area contributed by atoms with Gasteiger partial charge >= 0.3 is 0 Å². The molecule has 0 aromatic heterocycles. The maximum Gasteiger partial charge on any atom is 0.242 e. The Bertz CT molecular complexity index is 647. The molecule has 0 heterocycles. The van der Waals surface area contributed by atoms with Gasteiger partial charge in [-0.05, 0) is 37.7 Å². The number of hydrogen-bond acceptors (Lipinski definition) is 4. The normalized spacial score (nSPS) is 21.8. The highest BCUT2D eigenvalue weighted by molar-refractivity contribution is 7.99. The molecule has 21 heavy (non-hydrogen) atoms. The highest BCUT2D eigenvalue weighted by Gasteiger charge is 2.29. The van der Waals surface area contributed by atoms with Crippen molar-refractivity contribution < 1.29 is 8.42 Å². The van der Waals surface area contributed by atoms with Crippen LogP contribution in [0.4, 0.5) is 0 Å². The van der Waals surface area contributed by atoms with E-state index in [2.05, 4.69) is 22.8 Å². The van der Waals surface area contributed by atoms with Gasteiger partial charge in [0.05, 0.1) is 11.4 Å². The molecule has 4 nitrogen and oxygen atoms in total. The van der Waals surface area contributed by atoms with Crippen molar-refractivity contribution in [1.29, 1.82) is 0 Å². The Morgan fingerprint density at radius 3 is 2.81 bits per heavy atom. The summed E-state index contributed by atoms with van der Waals surface area (Å²) < 4.78 is 27.9. The summed E-state index contributed by atoms with van der Waals surface area (Å²) in [6.07, 6.45) is 4.90. The Hall–Kier alpha value is -1.00. The van der Waals surface area contributed by atoms with E-state index in [0.29, 0.717) is 10.8 Å². The fraction of sp³-hybridized carbons (Fsp3) is 0.467. The van der Waals surface area contributed by atoms with E-state index in [1.165, 1.54) is 0 Å². The maximum atomic E-state index is 12.6. The quantitative estimate of drug-likeness (QED) is 0.825. The Labute approximate surface area is 130 Å². The Morgan fingerprint density at radius 1 is 1.38 bits per heavy atom. The minimum absolute atomic E-state index is 0.0166. The molecule has 0 spiro atoms. The Balaban J connectivity index is 2.20. The molecule has 3 N–H and O–H groups in total. The van der Waals surface area contributed by atoms with Crippen LogP contribution in [0.5, 0.6) is 0 Å². The summed E-state index contributed by atoms with van der Waals surface area (Å²) in [5.41, 5.74) is 5.85. The third kappa shape index (κ3) is 4.24. The number of sulfonamides is 1. The molecule has 1 aliphatic rings. The number of rotatable bonds is 4. The molecular formula is C15H20N2O2S2. The lowest BCUT2D eigenvalue weighted by molar-refractivity contribution is 0.552. The lowest BCUT2D eigenvalue weighted by Gasteiger charge is -2.14. The maximum absolute atomic E-state index is 12.6. The highest BCUT2D eigenvalue weighted by atomic mass is 32.2. The molecule has 2 unspecified atom stereocenters. The molecule has 0 aliphatic heterocycles. The zero-order valence-electron chi connectivity index (χ0n) is 12.0. The summed E-state index contributed by atoms with van der Waals surface area (Å²) in [5.74, 6) is 5.53. The van der Waals surface area contributed by atoms with Crippen LogP contribution in [0.15, 0.2) is 29.2 Å². The lowest BCUT2D eigenvalue weighted by atomic mass is 10.2. The molecule has 6 heteroatoms. The van der Waals surface area contributed by atoms with Crippen molar-refractivity contribution >= 4 is 21.8 Å². The number of nitrogens with one attached hydrogen (secondary N) is 1. The van der Waals surface area contributed by atoms with Crippen LogP contribution in [-0.4, -0.2) is 32.5 Å². The lowest BCUT2D eigenvalue weighted by Crippen LogP contribution is -2.33. The van der Waals surface area contributed by atoms with Crippen molar-refractivity contribution in [3.63, 3.8) is 0 Å². The van der Waals surface area contributed by atoms with Gasteiger partial charge in [-0.15, -0.1) is 0 Å². The average molecular weight is 324 g/mol. The van der Waals surface area contributed by atoms with Gasteiger partial charge in [-0.3, -0.25) is 0 Å². The van der Waals surface area contributed by atoms with Crippen molar-refractivity contribution in [2.45, 2.75) is 35.4 Å². The van der Waals surface area contributed by atoms with Crippen LogP contribution in [-0.2, 0) is 10.0 Å². The molecule has 1 fully saturated rings. The second kappa shape index (κ2) is 7.32. The number of hydrogen-bond donors (Lipinski definition) is 2. The smallest absolute Gasteiger partial charge is 0.242 e. The monoisotopic (exact) mass is 324 g/mol. The van der Waals surface area contributed by atoms with Crippen LogP contribution in [0.3, 0.4) is 0 Å². The topological polar surface area (TPSA) is 72.2 Å². The largest absolute Gasteiger partial charge is 0.320 e. The van der Waals surface area contributed by atoms with Gasteiger partial charge in [0.25, 0.3) is 0 Å². The molecule has 2 rings (SSSR count). The number of nitrogens with two attached hydrogens (primary N) is 1. The first-order chi connectivity index (χ1) is 10.1. The minimum Gasteiger partial charge on any atom is -0.320 e. The van der Waals surface area contributed by atoms with Crippen molar-refractivity contribution in [3.8, 4) is 11.8 Å². The zero-order valence-corrected chi connectivity index (χ0v) is 13.6. The van der Waals surface area contributed by atoms with Crippen molar-refractivity contribution in [3.05, 3.63) is 29.8 Å². The Morgan fingerprint density at radius 2 is 2.14 bits per heavy atom. The van der Waals surface area contributed by atoms with E-state index in [4.69, 9.17) is 5.73 Å². The summed E-state index contributed by atoms with van der Waals surface area (Å²) in [6, 6.07) is 6.80. The van der Waals surface area contributed by atoms with E-state index in [1.54, 1.807) is 36.0 Å².